The molecule has 3 rings (SSSR count). The third-order valence-corrected chi connectivity index (χ3v) is 4.73. The van der Waals surface area contributed by atoms with Crippen LogP contribution in [-0.4, -0.2) is 4.98 Å². The lowest BCUT2D eigenvalue weighted by Crippen LogP contribution is -2.01. The van der Waals surface area contributed by atoms with Crippen LogP contribution in [0, 0.1) is 0 Å². The highest BCUT2D eigenvalue weighted by atomic mass is 14.8. The molecule has 2 aromatic carbocycles. The van der Waals surface area contributed by atoms with Gasteiger partial charge in [-0.05, 0) is 53.6 Å². The van der Waals surface area contributed by atoms with Crippen LogP contribution in [0.3, 0.4) is 0 Å². The molecule has 3 heteroatoms. The van der Waals surface area contributed by atoms with Crippen molar-refractivity contribution in [3.63, 3.8) is 0 Å². The van der Waals surface area contributed by atoms with E-state index >= 15 is 0 Å². The highest BCUT2D eigenvalue weighted by Gasteiger charge is 2.08. The van der Waals surface area contributed by atoms with Gasteiger partial charge in [0.25, 0.3) is 0 Å². The van der Waals surface area contributed by atoms with Crippen LogP contribution in [0.2, 0.25) is 0 Å². The molecule has 1 aromatic heterocycles. The lowest BCUT2D eigenvalue weighted by molar-refractivity contribution is 0.717. The van der Waals surface area contributed by atoms with Crippen molar-refractivity contribution >= 4 is 16.7 Å². The molecule has 25 heavy (non-hydrogen) atoms. The van der Waals surface area contributed by atoms with Crippen LogP contribution < -0.4 is 11.5 Å². The molecule has 4 N–H and O–H groups in total. The molecule has 0 bridgehead atoms. The summed E-state index contributed by atoms with van der Waals surface area (Å²) in [6.45, 7) is 2.79. The number of nitrogens with zero attached hydrogens (tertiary/aromatic N) is 1. The summed E-state index contributed by atoms with van der Waals surface area (Å²) < 4.78 is 0. The van der Waals surface area contributed by atoms with Crippen molar-refractivity contribution in [2.45, 2.75) is 45.6 Å². The molecular formula is C22H27N3. The van der Waals surface area contributed by atoms with Crippen LogP contribution in [0.25, 0.3) is 10.9 Å². The van der Waals surface area contributed by atoms with Gasteiger partial charge in [0.2, 0.25) is 0 Å². The number of benzene rings is 2. The van der Waals surface area contributed by atoms with Crippen molar-refractivity contribution in [1.82, 2.24) is 4.98 Å². The zero-order valence-electron chi connectivity index (χ0n) is 15.0. The summed E-state index contributed by atoms with van der Waals surface area (Å²) in [5.74, 6) is 0.672. The summed E-state index contributed by atoms with van der Waals surface area (Å²) in [5, 5.41) is 1.21. The Morgan fingerprint density at radius 2 is 1.72 bits per heavy atom. The fraction of sp³-hybridized carbons (Fsp3) is 0.318. The first kappa shape index (κ1) is 17.4. The molecule has 1 heterocycles. The Hall–Kier alpha value is -2.39. The summed E-state index contributed by atoms with van der Waals surface area (Å²) in [7, 11) is 0. The van der Waals surface area contributed by atoms with Crippen molar-refractivity contribution in [1.29, 1.82) is 0 Å². The van der Waals surface area contributed by atoms with Crippen LogP contribution in [0.1, 0.15) is 48.4 Å². The first-order chi connectivity index (χ1) is 12.2. The fourth-order valence-electron chi connectivity index (χ4n) is 3.32. The monoisotopic (exact) mass is 333 g/mol. The van der Waals surface area contributed by atoms with E-state index in [2.05, 4.69) is 54.4 Å². The third-order valence-electron chi connectivity index (χ3n) is 4.73. The van der Waals surface area contributed by atoms with Crippen LogP contribution in [0.5, 0.6) is 0 Å². The van der Waals surface area contributed by atoms with E-state index in [1.165, 1.54) is 40.5 Å². The summed E-state index contributed by atoms with van der Waals surface area (Å²) in [6, 6.07) is 17.0. The molecule has 130 valence electrons. The summed E-state index contributed by atoms with van der Waals surface area (Å²) in [5.41, 5.74) is 17.8. The molecule has 0 radical (unpaired) electrons. The molecule has 0 unspecified atom stereocenters. The lowest BCUT2D eigenvalue weighted by atomic mass is 9.97. The fourth-order valence-corrected chi connectivity index (χ4v) is 3.32. The molecule has 0 fully saturated rings. The molecule has 3 nitrogen and oxygen atoms in total. The van der Waals surface area contributed by atoms with E-state index in [0.29, 0.717) is 12.4 Å². The zero-order valence-corrected chi connectivity index (χ0v) is 15.0. The molecule has 0 aliphatic heterocycles. The maximum Gasteiger partial charge on any atom is 0.127 e. The van der Waals surface area contributed by atoms with Crippen LogP contribution in [0.4, 0.5) is 5.82 Å². The van der Waals surface area contributed by atoms with Gasteiger partial charge in [0.15, 0.2) is 0 Å². The second-order valence-corrected chi connectivity index (χ2v) is 6.67. The summed E-state index contributed by atoms with van der Waals surface area (Å²) in [6.07, 6.45) is 5.48. The standard InChI is InChI=1S/C22H27N3/c1-2-3-4-9-19-14-20-18(10-6-11-21(20)25-22(19)24)13-16-7-5-8-17(12-16)15-23/h5-8,10-12,14H,2-4,9,13,15,23H2,1H3,(H2,24,25). The number of hydrogen-bond acceptors (Lipinski definition) is 3. The third kappa shape index (κ3) is 4.18. The Morgan fingerprint density at radius 1 is 0.920 bits per heavy atom. The van der Waals surface area contributed by atoms with Crippen molar-refractivity contribution in [3.8, 4) is 0 Å². The maximum absolute atomic E-state index is 6.18. The van der Waals surface area contributed by atoms with Gasteiger partial charge >= 0.3 is 0 Å². The largest absolute Gasteiger partial charge is 0.383 e. The first-order valence-electron chi connectivity index (χ1n) is 9.16. The van der Waals surface area contributed by atoms with Crippen molar-refractivity contribution < 1.29 is 0 Å². The number of anilines is 1. The number of rotatable bonds is 7. The average molecular weight is 333 g/mol. The van der Waals surface area contributed by atoms with Gasteiger partial charge in [-0.2, -0.15) is 0 Å². The molecular weight excluding hydrogens is 306 g/mol. The van der Waals surface area contributed by atoms with Crippen molar-refractivity contribution in [3.05, 3.63) is 70.8 Å². The Labute approximate surface area is 150 Å². The van der Waals surface area contributed by atoms with E-state index in [9.17, 15) is 0 Å². The number of unbranched alkanes of at least 4 members (excludes halogenated alkanes) is 2. The van der Waals surface area contributed by atoms with Gasteiger partial charge < -0.3 is 11.5 Å². The number of nitrogens with two attached hydrogens (primary N) is 2. The van der Waals surface area contributed by atoms with E-state index in [1.807, 2.05) is 6.07 Å². The topological polar surface area (TPSA) is 64.9 Å². The molecule has 0 spiro atoms. The Balaban J connectivity index is 1.95. The molecule has 3 aromatic rings. The minimum atomic E-state index is 0.572. The molecule has 0 amide bonds. The van der Waals surface area contributed by atoms with Gasteiger partial charge in [-0.3, -0.25) is 0 Å². The van der Waals surface area contributed by atoms with E-state index in [1.54, 1.807) is 0 Å². The smallest absolute Gasteiger partial charge is 0.127 e. The highest BCUT2D eigenvalue weighted by Crippen LogP contribution is 2.25. The maximum atomic E-state index is 6.18. The van der Waals surface area contributed by atoms with Crippen LogP contribution >= 0.6 is 0 Å². The molecule has 0 aliphatic carbocycles. The first-order valence-corrected chi connectivity index (χ1v) is 9.16. The van der Waals surface area contributed by atoms with Crippen LogP contribution in [-0.2, 0) is 19.4 Å². The molecule has 0 aliphatic rings. The minimum absolute atomic E-state index is 0.572. The van der Waals surface area contributed by atoms with E-state index in [0.717, 1.165) is 24.8 Å². The van der Waals surface area contributed by atoms with Gasteiger partial charge in [0.1, 0.15) is 5.82 Å². The van der Waals surface area contributed by atoms with Crippen molar-refractivity contribution in [2.75, 3.05) is 5.73 Å². The molecule has 0 saturated carbocycles. The Morgan fingerprint density at radius 3 is 2.52 bits per heavy atom. The second kappa shape index (κ2) is 8.13. The van der Waals surface area contributed by atoms with E-state index < -0.39 is 0 Å². The molecule has 0 saturated heterocycles. The quantitative estimate of drug-likeness (QED) is 0.621. The van der Waals surface area contributed by atoms with Gasteiger partial charge in [-0.15, -0.1) is 0 Å². The number of pyridine rings is 1. The predicted octanol–water partition coefficient (Wildman–Crippen LogP) is 4.60. The van der Waals surface area contributed by atoms with Gasteiger partial charge in [0, 0.05) is 11.9 Å². The number of aryl methyl sites for hydroxylation is 1. The Kier molecular flexibility index (Phi) is 5.67. The van der Waals surface area contributed by atoms with Crippen LogP contribution in [0.15, 0.2) is 48.5 Å². The Bertz CT molecular complexity index is 855. The predicted molar refractivity (Wildman–Crippen MR) is 107 cm³/mol. The molecule has 0 atom stereocenters. The van der Waals surface area contributed by atoms with Gasteiger partial charge in [-0.25, -0.2) is 4.98 Å². The zero-order chi connectivity index (χ0) is 17.6. The average Bonchev–Trinajstić information content (AvgIpc) is 2.63. The minimum Gasteiger partial charge on any atom is -0.383 e. The summed E-state index contributed by atoms with van der Waals surface area (Å²) >= 11 is 0. The van der Waals surface area contributed by atoms with Crippen molar-refractivity contribution in [2.24, 2.45) is 5.73 Å². The van der Waals surface area contributed by atoms with Gasteiger partial charge in [-0.1, -0.05) is 56.2 Å². The number of hydrogen-bond donors (Lipinski definition) is 2. The highest BCUT2D eigenvalue weighted by molar-refractivity contribution is 5.85. The van der Waals surface area contributed by atoms with Gasteiger partial charge in [0.05, 0.1) is 5.52 Å². The van der Waals surface area contributed by atoms with E-state index in [4.69, 9.17) is 11.5 Å². The SMILES string of the molecule is CCCCCc1cc2c(Cc3cccc(CN)c3)cccc2nc1N. The normalized spacial score (nSPS) is 11.1. The summed E-state index contributed by atoms with van der Waals surface area (Å²) in [4.78, 5) is 4.65. The number of nitrogen functional groups attached to an aromatic ring is 1. The second-order valence-electron chi connectivity index (χ2n) is 6.67. The lowest BCUT2D eigenvalue weighted by Gasteiger charge is -2.11. The number of fused-ring (bicyclic) bond motifs is 1. The van der Waals surface area contributed by atoms with E-state index in [-0.39, 0.29) is 0 Å². The number of aromatic nitrogens is 1.